The quantitative estimate of drug-likeness (QED) is 0.836. The van der Waals surface area contributed by atoms with Crippen molar-refractivity contribution in [3.05, 3.63) is 41.1 Å². The first-order chi connectivity index (χ1) is 8.81. The summed E-state index contributed by atoms with van der Waals surface area (Å²) in [6.45, 7) is 3.03. The van der Waals surface area contributed by atoms with Crippen LogP contribution in [0.15, 0.2) is 51.1 Å². The summed E-state index contributed by atoms with van der Waals surface area (Å²) in [5, 5.41) is 4.20. The summed E-state index contributed by atoms with van der Waals surface area (Å²) in [6.07, 6.45) is 2.66. The van der Waals surface area contributed by atoms with Crippen LogP contribution in [0.3, 0.4) is 0 Å². The molecule has 0 bridgehead atoms. The first kappa shape index (κ1) is 13.4. The van der Waals surface area contributed by atoms with Gasteiger partial charge in [0.1, 0.15) is 17.2 Å². The predicted molar refractivity (Wildman–Crippen MR) is 79.1 cm³/mol. The van der Waals surface area contributed by atoms with Crippen LogP contribution >= 0.6 is 27.7 Å². The minimum Gasteiger partial charge on any atom is -0.369 e. The first-order valence-electron chi connectivity index (χ1n) is 5.78. The van der Waals surface area contributed by atoms with E-state index in [-0.39, 0.29) is 0 Å². The molecule has 3 nitrogen and oxygen atoms in total. The van der Waals surface area contributed by atoms with E-state index in [1.165, 1.54) is 4.90 Å². The summed E-state index contributed by atoms with van der Waals surface area (Å²) in [5.41, 5.74) is 0. The zero-order valence-corrected chi connectivity index (χ0v) is 12.5. The van der Waals surface area contributed by atoms with Crippen molar-refractivity contribution in [3.8, 4) is 0 Å². The number of hydrogen-bond acceptors (Lipinski definition) is 4. The second-order valence-corrected chi connectivity index (χ2v) is 5.54. The number of nitrogens with one attached hydrogen (secondary N) is 1. The molecule has 2 rings (SSSR count). The van der Waals surface area contributed by atoms with Gasteiger partial charge in [0, 0.05) is 11.4 Å². The van der Waals surface area contributed by atoms with Gasteiger partial charge < -0.3 is 5.32 Å². The van der Waals surface area contributed by atoms with E-state index in [2.05, 4.69) is 50.3 Å². The van der Waals surface area contributed by atoms with Crippen LogP contribution in [0, 0.1) is 0 Å². The van der Waals surface area contributed by atoms with Gasteiger partial charge in [0.2, 0.25) is 0 Å². The van der Waals surface area contributed by atoms with Crippen LogP contribution in [0.2, 0.25) is 0 Å². The molecule has 1 heterocycles. The maximum atomic E-state index is 4.31. The molecule has 0 radical (unpaired) electrons. The van der Waals surface area contributed by atoms with Gasteiger partial charge in [-0.05, 0) is 34.5 Å². The van der Waals surface area contributed by atoms with Crippen LogP contribution < -0.4 is 5.32 Å². The number of benzene rings is 1. The molecule has 0 atom stereocenters. The lowest BCUT2D eigenvalue weighted by Crippen LogP contribution is -2.03. The Morgan fingerprint density at radius 1 is 1.22 bits per heavy atom. The molecule has 18 heavy (non-hydrogen) atoms. The average Bonchev–Trinajstić information content (AvgIpc) is 2.41. The van der Waals surface area contributed by atoms with E-state index >= 15 is 0 Å². The van der Waals surface area contributed by atoms with Gasteiger partial charge in [-0.1, -0.05) is 36.9 Å². The highest BCUT2D eigenvalue weighted by Gasteiger charge is 2.09. The molecule has 2 aromatic rings. The third kappa shape index (κ3) is 3.46. The van der Waals surface area contributed by atoms with E-state index in [0.29, 0.717) is 0 Å². The van der Waals surface area contributed by atoms with Crippen LogP contribution in [0.4, 0.5) is 5.82 Å². The molecule has 0 aliphatic heterocycles. The summed E-state index contributed by atoms with van der Waals surface area (Å²) in [5.74, 6) is 0.852. The van der Waals surface area contributed by atoms with Gasteiger partial charge in [-0.3, -0.25) is 0 Å². The lowest BCUT2D eigenvalue weighted by molar-refractivity contribution is 0.946. The van der Waals surface area contributed by atoms with E-state index < -0.39 is 0 Å². The number of aromatic nitrogens is 2. The third-order valence-corrected chi connectivity index (χ3v) is 4.28. The minimum absolute atomic E-state index is 0.852. The summed E-state index contributed by atoms with van der Waals surface area (Å²) in [4.78, 5) is 9.71. The molecule has 0 amide bonds. The van der Waals surface area contributed by atoms with Gasteiger partial charge in [-0.25, -0.2) is 9.97 Å². The molecule has 1 aromatic heterocycles. The van der Waals surface area contributed by atoms with Crippen LogP contribution in [0.5, 0.6) is 0 Å². The lowest BCUT2D eigenvalue weighted by Gasteiger charge is -2.09. The Morgan fingerprint density at radius 2 is 2.00 bits per heavy atom. The van der Waals surface area contributed by atoms with E-state index in [1.807, 2.05) is 18.2 Å². The zero-order chi connectivity index (χ0) is 12.8. The number of anilines is 1. The Hall–Kier alpha value is -1.07. The maximum Gasteiger partial charge on any atom is 0.144 e. The standard InChI is InChI=1S/C13H14BrN3S/c1-2-8-15-12-11(14)13(17-9-16-12)18-10-6-4-3-5-7-10/h3-7,9H,2,8H2,1H3,(H,15,16,17). The Kier molecular flexibility index (Phi) is 5.01. The average molecular weight is 324 g/mol. The molecule has 0 aliphatic carbocycles. The molecule has 0 spiro atoms. The first-order valence-corrected chi connectivity index (χ1v) is 7.39. The van der Waals surface area contributed by atoms with E-state index in [4.69, 9.17) is 0 Å². The molecule has 0 saturated carbocycles. The molecule has 0 fully saturated rings. The summed E-state index contributed by atoms with van der Waals surface area (Å²) in [7, 11) is 0. The third-order valence-electron chi connectivity index (χ3n) is 2.26. The summed E-state index contributed by atoms with van der Waals surface area (Å²) in [6, 6.07) is 10.2. The monoisotopic (exact) mass is 323 g/mol. The second kappa shape index (κ2) is 6.75. The van der Waals surface area contributed by atoms with Crippen LogP contribution in [0.1, 0.15) is 13.3 Å². The fourth-order valence-corrected chi connectivity index (χ4v) is 2.78. The van der Waals surface area contributed by atoms with Crippen molar-refractivity contribution in [1.29, 1.82) is 0 Å². The van der Waals surface area contributed by atoms with Gasteiger partial charge in [0.05, 0.1) is 4.47 Å². The molecule has 0 unspecified atom stereocenters. The Bertz CT molecular complexity index is 505. The Morgan fingerprint density at radius 3 is 2.72 bits per heavy atom. The minimum atomic E-state index is 0.852. The van der Waals surface area contributed by atoms with Crippen molar-refractivity contribution in [2.24, 2.45) is 0 Å². The van der Waals surface area contributed by atoms with Crippen LogP contribution in [-0.4, -0.2) is 16.5 Å². The number of hydrogen-bond donors (Lipinski definition) is 1. The van der Waals surface area contributed by atoms with E-state index in [9.17, 15) is 0 Å². The summed E-state index contributed by atoms with van der Waals surface area (Å²) < 4.78 is 0.923. The van der Waals surface area contributed by atoms with E-state index in [0.717, 1.165) is 28.3 Å². The van der Waals surface area contributed by atoms with Gasteiger partial charge in [-0.15, -0.1) is 0 Å². The smallest absolute Gasteiger partial charge is 0.144 e. The number of nitrogens with zero attached hydrogens (tertiary/aromatic N) is 2. The van der Waals surface area contributed by atoms with Crippen molar-refractivity contribution in [3.63, 3.8) is 0 Å². The molecule has 1 N–H and O–H groups in total. The van der Waals surface area contributed by atoms with Gasteiger partial charge in [0.25, 0.3) is 0 Å². The van der Waals surface area contributed by atoms with Crippen LogP contribution in [0.25, 0.3) is 0 Å². The fourth-order valence-electron chi connectivity index (χ4n) is 1.39. The SMILES string of the molecule is CCCNc1ncnc(Sc2ccccc2)c1Br. The molecular weight excluding hydrogens is 310 g/mol. The fraction of sp³-hybridized carbons (Fsp3) is 0.231. The van der Waals surface area contributed by atoms with Gasteiger partial charge >= 0.3 is 0 Å². The molecule has 0 saturated heterocycles. The topological polar surface area (TPSA) is 37.8 Å². The highest BCUT2D eigenvalue weighted by Crippen LogP contribution is 2.34. The van der Waals surface area contributed by atoms with Crippen molar-refractivity contribution in [1.82, 2.24) is 9.97 Å². The Balaban J connectivity index is 2.18. The van der Waals surface area contributed by atoms with Gasteiger partial charge in [0.15, 0.2) is 0 Å². The normalized spacial score (nSPS) is 10.3. The van der Waals surface area contributed by atoms with Crippen molar-refractivity contribution in [2.75, 3.05) is 11.9 Å². The highest BCUT2D eigenvalue weighted by molar-refractivity contribution is 9.10. The van der Waals surface area contributed by atoms with Crippen molar-refractivity contribution < 1.29 is 0 Å². The molecule has 1 aromatic carbocycles. The predicted octanol–water partition coefficient (Wildman–Crippen LogP) is 4.21. The highest BCUT2D eigenvalue weighted by atomic mass is 79.9. The molecular formula is C13H14BrN3S. The molecule has 0 aliphatic rings. The van der Waals surface area contributed by atoms with Crippen molar-refractivity contribution in [2.45, 2.75) is 23.3 Å². The number of halogens is 1. The maximum absolute atomic E-state index is 4.31. The second-order valence-electron chi connectivity index (χ2n) is 3.68. The van der Waals surface area contributed by atoms with Crippen LogP contribution in [-0.2, 0) is 0 Å². The van der Waals surface area contributed by atoms with Gasteiger partial charge in [-0.2, -0.15) is 0 Å². The summed E-state index contributed by atoms with van der Waals surface area (Å²) >= 11 is 5.18. The zero-order valence-electron chi connectivity index (χ0n) is 10.1. The largest absolute Gasteiger partial charge is 0.369 e. The van der Waals surface area contributed by atoms with Crippen molar-refractivity contribution >= 4 is 33.5 Å². The Labute approximate surface area is 120 Å². The van der Waals surface area contributed by atoms with E-state index in [1.54, 1.807) is 18.1 Å². The molecule has 94 valence electrons. The number of rotatable bonds is 5. The lowest BCUT2D eigenvalue weighted by atomic mass is 10.4. The molecule has 5 heteroatoms.